The van der Waals surface area contributed by atoms with E-state index in [1.165, 1.54) is 0 Å². The van der Waals surface area contributed by atoms with E-state index in [4.69, 9.17) is 28.9 Å². The summed E-state index contributed by atoms with van der Waals surface area (Å²) in [5, 5.41) is 0.842. The van der Waals surface area contributed by atoms with Crippen LogP contribution in [0, 0.1) is 0 Å². The molecule has 0 saturated heterocycles. The minimum atomic E-state index is -0.136. The van der Waals surface area contributed by atoms with Gasteiger partial charge in [0.15, 0.2) is 5.78 Å². The van der Waals surface area contributed by atoms with Crippen LogP contribution < -0.4 is 5.73 Å². The third kappa shape index (κ3) is 3.83. The van der Waals surface area contributed by atoms with E-state index in [0.717, 1.165) is 5.56 Å². The number of benzene rings is 2. The first-order valence-corrected chi connectivity index (χ1v) is 7.12. The zero-order valence-electron chi connectivity index (χ0n) is 10.9. The highest BCUT2D eigenvalue weighted by atomic mass is 35.5. The van der Waals surface area contributed by atoms with Crippen LogP contribution in [0.1, 0.15) is 34.8 Å². The van der Waals surface area contributed by atoms with Crippen molar-refractivity contribution in [2.75, 3.05) is 0 Å². The van der Waals surface area contributed by atoms with Crippen molar-refractivity contribution in [3.05, 3.63) is 69.7 Å². The fourth-order valence-corrected chi connectivity index (χ4v) is 2.27. The van der Waals surface area contributed by atoms with Gasteiger partial charge in [-0.25, -0.2) is 0 Å². The Balaban J connectivity index is 1.97. The first-order chi connectivity index (χ1) is 9.58. The summed E-state index contributed by atoms with van der Waals surface area (Å²) < 4.78 is 0. The number of hydrogen-bond acceptors (Lipinski definition) is 2. The zero-order valence-corrected chi connectivity index (χ0v) is 12.4. The first kappa shape index (κ1) is 15.0. The van der Waals surface area contributed by atoms with Crippen LogP contribution in [0.4, 0.5) is 0 Å². The number of nitrogens with two attached hydrogens (primary N) is 1. The van der Waals surface area contributed by atoms with Crippen molar-refractivity contribution >= 4 is 29.0 Å². The van der Waals surface area contributed by atoms with Gasteiger partial charge in [-0.05, 0) is 30.2 Å². The van der Waals surface area contributed by atoms with Crippen molar-refractivity contribution in [1.82, 2.24) is 0 Å². The fraction of sp³-hybridized carbons (Fsp3) is 0.188. The van der Waals surface area contributed by atoms with Gasteiger partial charge in [0.2, 0.25) is 0 Å². The van der Waals surface area contributed by atoms with E-state index >= 15 is 0 Å². The van der Waals surface area contributed by atoms with Gasteiger partial charge < -0.3 is 5.73 Å². The molecule has 0 heterocycles. The normalized spacial score (nSPS) is 12.2. The highest BCUT2D eigenvalue weighted by molar-refractivity contribution is 6.42. The highest BCUT2D eigenvalue weighted by Crippen LogP contribution is 2.24. The molecule has 0 spiro atoms. The Kier molecular flexibility index (Phi) is 5.18. The van der Waals surface area contributed by atoms with E-state index in [9.17, 15) is 4.79 Å². The molecule has 0 fully saturated rings. The molecule has 2 N–H and O–H groups in total. The molecule has 0 bridgehead atoms. The van der Waals surface area contributed by atoms with Crippen molar-refractivity contribution < 1.29 is 4.79 Å². The van der Waals surface area contributed by atoms with Crippen LogP contribution in [0.15, 0.2) is 48.5 Å². The smallest absolute Gasteiger partial charge is 0.162 e. The lowest BCUT2D eigenvalue weighted by Gasteiger charge is -2.11. The quantitative estimate of drug-likeness (QED) is 0.817. The topological polar surface area (TPSA) is 43.1 Å². The van der Waals surface area contributed by atoms with Crippen LogP contribution in [0.25, 0.3) is 0 Å². The second-order valence-corrected chi connectivity index (χ2v) is 5.42. The molecule has 0 aliphatic heterocycles. The molecule has 2 aromatic carbocycles. The van der Waals surface area contributed by atoms with Gasteiger partial charge in [0.25, 0.3) is 0 Å². The molecule has 2 aromatic rings. The molecule has 0 amide bonds. The van der Waals surface area contributed by atoms with Crippen LogP contribution in [0.2, 0.25) is 10.0 Å². The molecule has 2 rings (SSSR count). The third-order valence-corrected chi connectivity index (χ3v) is 3.89. The molecule has 4 heteroatoms. The summed E-state index contributed by atoms with van der Waals surface area (Å²) in [6.45, 7) is 0. The molecule has 20 heavy (non-hydrogen) atoms. The maximum Gasteiger partial charge on any atom is 0.162 e. The second kappa shape index (κ2) is 6.89. The number of rotatable bonds is 5. The fourth-order valence-electron chi connectivity index (χ4n) is 1.97. The standard InChI is InChI=1S/C16H15Cl2NO/c17-13-7-6-12(10-14(13)18)16(20)9-8-15(19)11-4-2-1-3-5-11/h1-7,10,15H,8-9,19H2. The average molecular weight is 308 g/mol. The Bertz CT molecular complexity index is 599. The average Bonchev–Trinajstić information content (AvgIpc) is 2.48. The highest BCUT2D eigenvalue weighted by Gasteiger charge is 2.11. The van der Waals surface area contributed by atoms with E-state index in [2.05, 4.69) is 0 Å². The number of carbonyl (C=O) groups excluding carboxylic acids is 1. The van der Waals surface area contributed by atoms with Crippen LogP contribution in [0.5, 0.6) is 0 Å². The van der Waals surface area contributed by atoms with E-state index in [1.54, 1.807) is 18.2 Å². The Hall–Kier alpha value is -1.35. The maximum atomic E-state index is 12.1. The summed E-state index contributed by atoms with van der Waals surface area (Å²) in [5.41, 5.74) is 7.68. The van der Waals surface area contributed by atoms with Gasteiger partial charge in [0, 0.05) is 18.0 Å². The SMILES string of the molecule is NC(CCC(=O)c1ccc(Cl)c(Cl)c1)c1ccccc1. The molecule has 0 aliphatic rings. The number of carbonyl (C=O) groups is 1. The van der Waals surface area contributed by atoms with Crippen LogP contribution in [-0.2, 0) is 0 Å². The summed E-state index contributed by atoms with van der Waals surface area (Å²) in [4.78, 5) is 12.1. The molecule has 104 valence electrons. The Morgan fingerprint density at radius 2 is 1.75 bits per heavy atom. The van der Waals surface area contributed by atoms with Gasteiger partial charge >= 0.3 is 0 Å². The molecule has 0 aromatic heterocycles. The number of ketones is 1. The Morgan fingerprint density at radius 1 is 1.05 bits per heavy atom. The van der Waals surface area contributed by atoms with E-state index in [0.29, 0.717) is 28.5 Å². The third-order valence-electron chi connectivity index (χ3n) is 3.15. The Morgan fingerprint density at radius 3 is 2.40 bits per heavy atom. The minimum Gasteiger partial charge on any atom is -0.324 e. The van der Waals surface area contributed by atoms with Gasteiger partial charge in [-0.15, -0.1) is 0 Å². The van der Waals surface area contributed by atoms with E-state index in [1.807, 2.05) is 30.3 Å². The van der Waals surface area contributed by atoms with Crippen molar-refractivity contribution in [3.63, 3.8) is 0 Å². The van der Waals surface area contributed by atoms with E-state index < -0.39 is 0 Å². The molecule has 1 unspecified atom stereocenters. The predicted molar refractivity (Wildman–Crippen MR) is 83.4 cm³/mol. The molecular formula is C16H15Cl2NO. The molecule has 2 nitrogen and oxygen atoms in total. The number of hydrogen-bond donors (Lipinski definition) is 1. The van der Waals surface area contributed by atoms with Crippen molar-refractivity contribution in [3.8, 4) is 0 Å². The van der Waals surface area contributed by atoms with E-state index in [-0.39, 0.29) is 11.8 Å². The molecule has 0 aliphatic carbocycles. The van der Waals surface area contributed by atoms with Gasteiger partial charge in [0.1, 0.15) is 0 Å². The summed E-state index contributed by atoms with van der Waals surface area (Å²) in [6, 6.07) is 14.5. The van der Waals surface area contributed by atoms with Gasteiger partial charge in [-0.2, -0.15) is 0 Å². The number of halogens is 2. The monoisotopic (exact) mass is 307 g/mol. The predicted octanol–water partition coefficient (Wildman–Crippen LogP) is 4.66. The first-order valence-electron chi connectivity index (χ1n) is 6.36. The maximum absolute atomic E-state index is 12.1. The van der Waals surface area contributed by atoms with Crippen LogP contribution in [-0.4, -0.2) is 5.78 Å². The lowest BCUT2D eigenvalue weighted by Crippen LogP contribution is -2.12. The minimum absolute atomic E-state index is 0.0231. The Labute approximate surface area is 128 Å². The molecule has 0 saturated carbocycles. The molecular weight excluding hydrogens is 293 g/mol. The van der Waals surface area contributed by atoms with Crippen LogP contribution in [0.3, 0.4) is 0 Å². The van der Waals surface area contributed by atoms with Crippen molar-refractivity contribution in [2.24, 2.45) is 5.73 Å². The van der Waals surface area contributed by atoms with Gasteiger partial charge in [-0.3, -0.25) is 4.79 Å². The van der Waals surface area contributed by atoms with Crippen molar-refractivity contribution in [2.45, 2.75) is 18.9 Å². The molecule has 1 atom stereocenters. The largest absolute Gasteiger partial charge is 0.324 e. The summed E-state index contributed by atoms with van der Waals surface area (Å²) in [7, 11) is 0. The van der Waals surface area contributed by atoms with Gasteiger partial charge in [-0.1, -0.05) is 53.5 Å². The zero-order chi connectivity index (χ0) is 14.5. The summed E-state index contributed by atoms with van der Waals surface area (Å²) >= 11 is 11.7. The summed E-state index contributed by atoms with van der Waals surface area (Å²) in [6.07, 6.45) is 0.983. The summed E-state index contributed by atoms with van der Waals surface area (Å²) in [5.74, 6) is 0.0231. The number of Topliss-reactive ketones (excluding diaryl/α,β-unsaturated/α-hetero) is 1. The van der Waals surface area contributed by atoms with Crippen LogP contribution >= 0.6 is 23.2 Å². The molecule has 0 radical (unpaired) electrons. The lowest BCUT2D eigenvalue weighted by atomic mass is 9.99. The second-order valence-electron chi connectivity index (χ2n) is 4.61. The van der Waals surface area contributed by atoms with Gasteiger partial charge in [0.05, 0.1) is 10.0 Å². The van der Waals surface area contributed by atoms with Crippen molar-refractivity contribution in [1.29, 1.82) is 0 Å². The lowest BCUT2D eigenvalue weighted by molar-refractivity contribution is 0.0977.